The predicted molar refractivity (Wildman–Crippen MR) is 132 cm³/mol. The Morgan fingerprint density at radius 3 is 2.71 bits per heavy atom. The molecule has 0 aromatic carbocycles. The molecule has 1 aliphatic heterocycles. The summed E-state index contributed by atoms with van der Waals surface area (Å²) in [5, 5.41) is 7.18. The smallest absolute Gasteiger partial charge is 0.410 e. The van der Waals surface area contributed by atoms with Gasteiger partial charge in [0.25, 0.3) is 0 Å². The standard InChI is InChI=1S/C21H35N3O4S2Si/c1-9-10-26-19(25)24-13-15(28-31(7,8)21(3,4)5)11-17(24)18(27-20(29)30-6)16-12-22-23-14(16)2/h9,12,15,17-18H,1,10-11,13H2,2-8H3,(H,22,23)/t15-,17+,18?/m1/s1. The number of aromatic nitrogens is 2. The molecule has 174 valence electrons. The molecule has 0 aliphatic carbocycles. The Morgan fingerprint density at radius 1 is 1.52 bits per heavy atom. The Bertz CT molecular complexity index is 794. The summed E-state index contributed by atoms with van der Waals surface area (Å²) in [6, 6.07) is -0.298. The summed E-state index contributed by atoms with van der Waals surface area (Å²) in [5.41, 5.74) is 1.75. The minimum atomic E-state index is -2.02. The minimum absolute atomic E-state index is 0.0662. The average Bonchev–Trinajstić information content (AvgIpc) is 3.29. The lowest BCUT2D eigenvalue weighted by Gasteiger charge is -2.38. The molecular weight excluding hydrogens is 450 g/mol. The van der Waals surface area contributed by atoms with E-state index < -0.39 is 20.5 Å². The molecule has 1 unspecified atom stereocenters. The molecule has 2 rings (SSSR count). The van der Waals surface area contributed by atoms with E-state index in [2.05, 4.69) is 50.6 Å². The van der Waals surface area contributed by atoms with Crippen molar-refractivity contribution >= 4 is 42.8 Å². The van der Waals surface area contributed by atoms with Crippen LogP contribution in [0.1, 0.15) is 44.6 Å². The number of carbonyl (C=O) groups excluding carboxylic acids is 1. The van der Waals surface area contributed by atoms with Crippen molar-refractivity contribution in [2.24, 2.45) is 0 Å². The molecule has 1 aliphatic rings. The van der Waals surface area contributed by atoms with Crippen LogP contribution in [-0.4, -0.2) is 65.4 Å². The fraction of sp³-hybridized carbons (Fsp3) is 0.667. The molecule has 3 atom stereocenters. The van der Waals surface area contributed by atoms with E-state index in [0.717, 1.165) is 11.3 Å². The van der Waals surface area contributed by atoms with Gasteiger partial charge in [-0.1, -0.05) is 45.2 Å². The Kier molecular flexibility index (Phi) is 8.77. The van der Waals surface area contributed by atoms with E-state index in [1.807, 2.05) is 13.2 Å². The van der Waals surface area contributed by atoms with Gasteiger partial charge in [-0.2, -0.15) is 5.10 Å². The van der Waals surface area contributed by atoms with Crippen LogP contribution >= 0.6 is 24.0 Å². The van der Waals surface area contributed by atoms with Gasteiger partial charge in [-0.25, -0.2) is 4.79 Å². The summed E-state index contributed by atoms with van der Waals surface area (Å²) < 4.78 is 18.6. The third-order valence-electron chi connectivity index (χ3n) is 6.05. The van der Waals surface area contributed by atoms with Crippen LogP contribution < -0.4 is 0 Å². The molecule has 0 saturated carbocycles. The average molecular weight is 486 g/mol. The zero-order chi connectivity index (χ0) is 23.4. The van der Waals surface area contributed by atoms with Crippen molar-refractivity contribution in [2.75, 3.05) is 19.4 Å². The van der Waals surface area contributed by atoms with Crippen molar-refractivity contribution in [1.29, 1.82) is 0 Å². The van der Waals surface area contributed by atoms with Gasteiger partial charge >= 0.3 is 6.09 Å². The highest BCUT2D eigenvalue weighted by atomic mass is 32.2. The van der Waals surface area contributed by atoms with Gasteiger partial charge in [0, 0.05) is 17.8 Å². The number of ether oxygens (including phenoxy) is 2. The first-order valence-electron chi connectivity index (χ1n) is 10.4. The third kappa shape index (κ3) is 6.33. The van der Waals surface area contributed by atoms with Crippen LogP contribution in [0.15, 0.2) is 18.9 Å². The zero-order valence-electron chi connectivity index (χ0n) is 19.6. The predicted octanol–water partition coefficient (Wildman–Crippen LogP) is 5.21. The quantitative estimate of drug-likeness (QED) is 0.323. The Balaban J connectivity index is 2.37. The van der Waals surface area contributed by atoms with E-state index in [1.54, 1.807) is 17.2 Å². The summed E-state index contributed by atoms with van der Waals surface area (Å²) in [4.78, 5) is 14.6. The highest BCUT2D eigenvalue weighted by Crippen LogP contribution is 2.41. The Morgan fingerprint density at radius 2 is 2.19 bits per heavy atom. The van der Waals surface area contributed by atoms with Crippen LogP contribution in [0, 0.1) is 6.92 Å². The summed E-state index contributed by atoms with van der Waals surface area (Å²) >= 11 is 6.72. The number of amides is 1. The zero-order valence-corrected chi connectivity index (χ0v) is 22.2. The van der Waals surface area contributed by atoms with Gasteiger partial charge in [0.1, 0.15) is 12.7 Å². The van der Waals surface area contributed by atoms with Gasteiger partial charge < -0.3 is 13.9 Å². The van der Waals surface area contributed by atoms with Crippen LogP contribution in [0.2, 0.25) is 18.1 Å². The highest BCUT2D eigenvalue weighted by Gasteiger charge is 2.47. The van der Waals surface area contributed by atoms with Gasteiger partial charge in [-0.05, 0) is 50.0 Å². The van der Waals surface area contributed by atoms with Crippen molar-refractivity contribution in [3.8, 4) is 0 Å². The number of H-pyrrole nitrogens is 1. The second-order valence-corrected chi connectivity index (χ2v) is 15.4. The van der Waals surface area contributed by atoms with Gasteiger partial charge in [0.2, 0.25) is 4.38 Å². The van der Waals surface area contributed by atoms with Gasteiger partial charge in [0.15, 0.2) is 8.32 Å². The molecular formula is C21H35N3O4S2Si. The second kappa shape index (κ2) is 10.5. The lowest BCUT2D eigenvalue weighted by molar-refractivity contribution is 0.0643. The fourth-order valence-corrected chi connectivity index (χ4v) is 5.02. The van der Waals surface area contributed by atoms with E-state index in [-0.39, 0.29) is 23.8 Å². The number of aromatic amines is 1. The molecule has 1 aromatic rings. The number of carbonyl (C=O) groups is 1. The number of thiocarbonyl (C=S) groups is 1. The number of likely N-dealkylation sites (tertiary alicyclic amines) is 1. The van der Waals surface area contributed by atoms with E-state index in [1.165, 1.54) is 11.8 Å². The minimum Gasteiger partial charge on any atom is -0.468 e. The first kappa shape index (κ1) is 25.9. The molecule has 10 heteroatoms. The first-order chi connectivity index (χ1) is 14.4. The topological polar surface area (TPSA) is 76.7 Å². The number of hydrogen-bond acceptors (Lipinski definition) is 7. The maximum Gasteiger partial charge on any atom is 0.410 e. The summed E-state index contributed by atoms with van der Waals surface area (Å²) in [5.74, 6) is 0. The van der Waals surface area contributed by atoms with Crippen molar-refractivity contribution < 1.29 is 18.7 Å². The monoisotopic (exact) mass is 485 g/mol. The SMILES string of the molecule is C=CCOC(=O)N1C[C@H](O[Si](C)(C)C(C)(C)C)C[C@H]1C(OC(=S)SC)c1cn[nH]c1C. The number of rotatable bonds is 7. The number of hydrogen-bond donors (Lipinski definition) is 1. The van der Waals surface area contributed by atoms with Gasteiger partial charge in [-0.3, -0.25) is 10.00 Å². The molecule has 1 saturated heterocycles. The molecule has 1 aromatic heterocycles. The van der Waals surface area contributed by atoms with Crippen LogP contribution in [0.5, 0.6) is 0 Å². The van der Waals surface area contributed by atoms with Gasteiger partial charge in [0.05, 0.1) is 18.3 Å². The Hall–Kier alpha value is -1.36. The van der Waals surface area contributed by atoms with Crippen LogP contribution in [0.4, 0.5) is 4.79 Å². The van der Waals surface area contributed by atoms with Crippen LogP contribution in [0.25, 0.3) is 0 Å². The summed E-state index contributed by atoms with van der Waals surface area (Å²) in [7, 11) is -2.02. The molecule has 0 spiro atoms. The van der Waals surface area contributed by atoms with Crippen molar-refractivity contribution in [3.63, 3.8) is 0 Å². The normalized spacial score (nSPS) is 20.4. The number of nitrogens with one attached hydrogen (secondary N) is 1. The largest absolute Gasteiger partial charge is 0.468 e. The lowest BCUT2D eigenvalue weighted by atomic mass is 10.0. The summed E-state index contributed by atoms with van der Waals surface area (Å²) in [6.45, 7) is 17.2. The second-order valence-electron chi connectivity index (χ2n) is 9.26. The van der Waals surface area contributed by atoms with E-state index in [0.29, 0.717) is 17.3 Å². The number of nitrogens with zero attached hydrogens (tertiary/aromatic N) is 2. The Labute approximate surface area is 196 Å². The lowest BCUT2D eigenvalue weighted by Crippen LogP contribution is -2.45. The highest BCUT2D eigenvalue weighted by molar-refractivity contribution is 8.22. The first-order valence-corrected chi connectivity index (χ1v) is 14.9. The molecule has 1 amide bonds. The molecule has 31 heavy (non-hydrogen) atoms. The number of thioether (sulfide) groups is 1. The van der Waals surface area contributed by atoms with E-state index >= 15 is 0 Å². The molecule has 0 bridgehead atoms. The van der Waals surface area contributed by atoms with Crippen LogP contribution in [0.3, 0.4) is 0 Å². The fourth-order valence-electron chi connectivity index (χ4n) is 3.36. The van der Waals surface area contributed by atoms with Crippen molar-refractivity contribution in [3.05, 3.63) is 30.1 Å². The van der Waals surface area contributed by atoms with Crippen molar-refractivity contribution in [1.82, 2.24) is 15.1 Å². The van der Waals surface area contributed by atoms with Crippen LogP contribution in [-0.2, 0) is 13.9 Å². The molecule has 0 radical (unpaired) electrons. The van der Waals surface area contributed by atoms with Gasteiger partial charge in [-0.15, -0.1) is 0 Å². The molecule has 2 heterocycles. The molecule has 7 nitrogen and oxygen atoms in total. The van der Waals surface area contributed by atoms with E-state index in [9.17, 15) is 4.79 Å². The summed E-state index contributed by atoms with van der Waals surface area (Å²) in [6.07, 6.45) is 4.81. The van der Waals surface area contributed by atoms with E-state index in [4.69, 9.17) is 26.1 Å². The molecule has 1 fully saturated rings. The third-order valence-corrected chi connectivity index (χ3v) is 11.6. The van der Waals surface area contributed by atoms with Crippen molar-refractivity contribution in [2.45, 2.75) is 70.5 Å². The number of aryl methyl sites for hydroxylation is 1. The molecule has 1 N–H and O–H groups in total. The maximum atomic E-state index is 12.9. The maximum absolute atomic E-state index is 12.9.